The maximum atomic E-state index is 12.7. The third-order valence-electron chi connectivity index (χ3n) is 4.97. The van der Waals surface area contributed by atoms with Crippen LogP contribution < -0.4 is 18.9 Å². The van der Waals surface area contributed by atoms with Crippen LogP contribution in [0.5, 0.6) is 23.0 Å². The van der Waals surface area contributed by atoms with Gasteiger partial charge in [0.05, 0.1) is 19.8 Å². The van der Waals surface area contributed by atoms with E-state index in [-0.39, 0.29) is 24.8 Å². The number of hydrogen-bond donors (Lipinski definition) is 0. The number of fused-ring (bicyclic) bond motifs is 1. The molecule has 0 bridgehead atoms. The zero-order valence-electron chi connectivity index (χ0n) is 18.2. The summed E-state index contributed by atoms with van der Waals surface area (Å²) in [5.41, 5.74) is 1.97. The summed E-state index contributed by atoms with van der Waals surface area (Å²) in [4.78, 5) is 24.7. The lowest BCUT2D eigenvalue weighted by atomic mass is 10.1. The molecule has 0 radical (unpaired) electrons. The standard InChI is InChI=1S/C26H22O7/c1-29-19-9-8-18(22(13-19)30-2)12-24-26(28)21-11-10-20(14-23(21)33-24)31-16-25(27)32-15-17-6-4-3-5-7-17/h3-14H,15-16H2,1-2H3/b24-12-. The van der Waals surface area contributed by atoms with E-state index in [1.165, 1.54) is 7.11 Å². The highest BCUT2D eigenvalue weighted by Gasteiger charge is 2.28. The second-order valence-electron chi connectivity index (χ2n) is 7.14. The third-order valence-corrected chi connectivity index (χ3v) is 4.97. The molecule has 0 amide bonds. The molecular weight excluding hydrogens is 424 g/mol. The maximum absolute atomic E-state index is 12.7. The first-order chi connectivity index (χ1) is 16.1. The van der Waals surface area contributed by atoms with Crippen LogP contribution >= 0.6 is 0 Å². The van der Waals surface area contributed by atoms with Gasteiger partial charge in [0, 0.05) is 17.7 Å². The van der Waals surface area contributed by atoms with Crippen LogP contribution in [0.1, 0.15) is 21.5 Å². The lowest BCUT2D eigenvalue weighted by Gasteiger charge is -2.08. The lowest BCUT2D eigenvalue weighted by Crippen LogP contribution is -2.14. The fourth-order valence-corrected chi connectivity index (χ4v) is 3.26. The summed E-state index contributed by atoms with van der Waals surface area (Å²) in [6, 6.07) is 19.4. The quantitative estimate of drug-likeness (QED) is 0.374. The number of allylic oxidation sites excluding steroid dienone is 1. The Balaban J connectivity index is 1.40. The van der Waals surface area contributed by atoms with E-state index in [9.17, 15) is 9.59 Å². The van der Waals surface area contributed by atoms with Crippen molar-refractivity contribution in [3.05, 3.63) is 89.2 Å². The summed E-state index contributed by atoms with van der Waals surface area (Å²) in [5.74, 6) is 1.34. The van der Waals surface area contributed by atoms with Crippen LogP contribution in [0.2, 0.25) is 0 Å². The largest absolute Gasteiger partial charge is 0.497 e. The lowest BCUT2D eigenvalue weighted by molar-refractivity contribution is -0.147. The molecule has 0 aliphatic carbocycles. The molecule has 0 unspecified atom stereocenters. The van der Waals surface area contributed by atoms with E-state index in [4.69, 9.17) is 23.7 Å². The van der Waals surface area contributed by atoms with Crippen molar-refractivity contribution in [1.82, 2.24) is 0 Å². The minimum absolute atomic E-state index is 0.160. The number of rotatable bonds is 8. The number of methoxy groups -OCH3 is 2. The van der Waals surface area contributed by atoms with Gasteiger partial charge in [-0.05, 0) is 35.9 Å². The average molecular weight is 446 g/mol. The Bertz CT molecular complexity index is 1200. The molecule has 1 aliphatic rings. The van der Waals surface area contributed by atoms with Crippen molar-refractivity contribution in [3.63, 3.8) is 0 Å². The van der Waals surface area contributed by atoms with E-state index < -0.39 is 5.97 Å². The van der Waals surface area contributed by atoms with Gasteiger partial charge in [-0.3, -0.25) is 4.79 Å². The van der Waals surface area contributed by atoms with Gasteiger partial charge in [0.1, 0.15) is 29.6 Å². The first-order valence-corrected chi connectivity index (χ1v) is 10.2. The number of carbonyl (C=O) groups excluding carboxylic acids is 2. The monoisotopic (exact) mass is 446 g/mol. The van der Waals surface area contributed by atoms with Crippen molar-refractivity contribution >= 4 is 17.8 Å². The molecule has 4 rings (SSSR count). The SMILES string of the molecule is COc1ccc(/C=C2\Oc3cc(OCC(=O)OCc4ccccc4)ccc3C2=O)c(OC)c1. The zero-order chi connectivity index (χ0) is 23.2. The summed E-state index contributed by atoms with van der Waals surface area (Å²) in [6.45, 7) is -0.0842. The maximum Gasteiger partial charge on any atom is 0.344 e. The molecule has 168 valence electrons. The van der Waals surface area contributed by atoms with Gasteiger partial charge in [-0.25, -0.2) is 4.79 Å². The van der Waals surface area contributed by atoms with Crippen LogP contribution in [-0.4, -0.2) is 32.6 Å². The van der Waals surface area contributed by atoms with Gasteiger partial charge in [-0.1, -0.05) is 30.3 Å². The summed E-state index contributed by atoms with van der Waals surface area (Å²) in [5, 5.41) is 0. The van der Waals surface area contributed by atoms with Crippen LogP contribution in [0.25, 0.3) is 6.08 Å². The third kappa shape index (κ3) is 5.15. The fourth-order valence-electron chi connectivity index (χ4n) is 3.26. The van der Waals surface area contributed by atoms with Crippen LogP contribution in [0.15, 0.2) is 72.5 Å². The number of ether oxygens (including phenoxy) is 5. The van der Waals surface area contributed by atoms with Crippen molar-refractivity contribution in [2.75, 3.05) is 20.8 Å². The van der Waals surface area contributed by atoms with Gasteiger partial charge in [-0.15, -0.1) is 0 Å². The summed E-state index contributed by atoms with van der Waals surface area (Å²) < 4.78 is 27.1. The minimum Gasteiger partial charge on any atom is -0.497 e. The molecule has 7 nitrogen and oxygen atoms in total. The number of esters is 1. The van der Waals surface area contributed by atoms with Gasteiger partial charge >= 0.3 is 5.97 Å². The topological polar surface area (TPSA) is 80.3 Å². The molecule has 7 heteroatoms. The minimum atomic E-state index is -0.497. The molecule has 0 spiro atoms. The molecule has 0 N–H and O–H groups in total. The molecule has 33 heavy (non-hydrogen) atoms. The number of ketones is 1. The Morgan fingerprint density at radius 2 is 1.73 bits per heavy atom. The molecular formula is C26H22O7. The Labute approximate surface area is 191 Å². The molecule has 3 aromatic rings. The molecule has 0 fully saturated rings. The number of benzene rings is 3. The molecule has 3 aromatic carbocycles. The van der Waals surface area contributed by atoms with Crippen LogP contribution in [0, 0.1) is 0 Å². The van der Waals surface area contributed by atoms with E-state index >= 15 is 0 Å². The normalized spacial score (nSPS) is 13.3. The molecule has 1 heterocycles. The van der Waals surface area contributed by atoms with Gasteiger partial charge in [-0.2, -0.15) is 0 Å². The van der Waals surface area contributed by atoms with Crippen molar-refractivity contribution in [3.8, 4) is 23.0 Å². The Morgan fingerprint density at radius 3 is 2.48 bits per heavy atom. The first-order valence-electron chi connectivity index (χ1n) is 10.2. The smallest absolute Gasteiger partial charge is 0.344 e. The van der Waals surface area contributed by atoms with Crippen LogP contribution in [0.3, 0.4) is 0 Å². The molecule has 1 aliphatic heterocycles. The van der Waals surface area contributed by atoms with Crippen molar-refractivity contribution in [2.24, 2.45) is 0 Å². The predicted molar refractivity (Wildman–Crippen MR) is 121 cm³/mol. The summed E-state index contributed by atoms with van der Waals surface area (Å²) in [6.07, 6.45) is 1.61. The van der Waals surface area contributed by atoms with Crippen molar-refractivity contribution in [2.45, 2.75) is 6.61 Å². The van der Waals surface area contributed by atoms with Gasteiger partial charge in [0.25, 0.3) is 0 Å². The van der Waals surface area contributed by atoms with Gasteiger partial charge in [0.15, 0.2) is 12.4 Å². The zero-order valence-corrected chi connectivity index (χ0v) is 18.2. The highest BCUT2D eigenvalue weighted by Crippen LogP contribution is 2.36. The Morgan fingerprint density at radius 1 is 0.939 bits per heavy atom. The molecule has 0 saturated carbocycles. The fraction of sp³-hybridized carbons (Fsp3) is 0.154. The van der Waals surface area contributed by atoms with E-state index in [2.05, 4.69) is 0 Å². The van der Waals surface area contributed by atoms with E-state index in [1.54, 1.807) is 49.6 Å². The highest BCUT2D eigenvalue weighted by atomic mass is 16.6. The molecule has 0 aromatic heterocycles. The van der Waals surface area contributed by atoms with E-state index in [1.807, 2.05) is 30.3 Å². The van der Waals surface area contributed by atoms with Gasteiger partial charge < -0.3 is 23.7 Å². The Hall–Kier alpha value is -4.26. The first kappa shape index (κ1) is 22.0. The van der Waals surface area contributed by atoms with Crippen LogP contribution in [0.4, 0.5) is 0 Å². The second-order valence-corrected chi connectivity index (χ2v) is 7.14. The Kier molecular flexibility index (Phi) is 6.59. The summed E-state index contributed by atoms with van der Waals surface area (Å²) in [7, 11) is 3.10. The van der Waals surface area contributed by atoms with E-state index in [0.29, 0.717) is 34.1 Å². The number of Topliss-reactive ketones (excluding diaryl/α,β-unsaturated/α-hetero) is 1. The van der Waals surface area contributed by atoms with Gasteiger partial charge in [0.2, 0.25) is 5.78 Å². The predicted octanol–water partition coefficient (Wildman–Crippen LogP) is 4.44. The molecule has 0 saturated heterocycles. The van der Waals surface area contributed by atoms with Crippen LogP contribution in [-0.2, 0) is 16.1 Å². The van der Waals surface area contributed by atoms with Crippen molar-refractivity contribution < 1.29 is 33.3 Å². The summed E-state index contributed by atoms with van der Waals surface area (Å²) >= 11 is 0. The molecule has 0 atom stereocenters. The highest BCUT2D eigenvalue weighted by molar-refractivity contribution is 6.14. The average Bonchev–Trinajstić information content (AvgIpc) is 3.16. The number of carbonyl (C=O) groups is 2. The van der Waals surface area contributed by atoms with Crippen molar-refractivity contribution in [1.29, 1.82) is 0 Å². The van der Waals surface area contributed by atoms with E-state index in [0.717, 1.165) is 5.56 Å². The number of hydrogen-bond acceptors (Lipinski definition) is 7. The second kappa shape index (κ2) is 9.91.